The Morgan fingerprint density at radius 2 is 0.733 bits per heavy atom. The number of nitrogens with zero attached hydrogens (tertiary/aromatic N) is 4. The minimum absolute atomic E-state index is 0.830. The lowest BCUT2D eigenvalue weighted by Gasteiger charge is -2.06. The van der Waals surface area contributed by atoms with E-state index in [-0.39, 0.29) is 0 Å². The minimum atomic E-state index is 0.830. The number of benzene rings is 4. The summed E-state index contributed by atoms with van der Waals surface area (Å²) < 4.78 is 0. The first-order valence-electron chi connectivity index (χ1n) is 9.35. The molecule has 0 N–H and O–H groups in total. The molecule has 30 heavy (non-hydrogen) atoms. The zero-order valence-corrected chi connectivity index (χ0v) is 17.6. The molecule has 0 aromatic heterocycles. The molecule has 0 bridgehead atoms. The van der Waals surface area contributed by atoms with Crippen LogP contribution in [-0.4, -0.2) is 0 Å². The number of hydrogen-bond donors (Lipinski definition) is 0. The van der Waals surface area contributed by atoms with Gasteiger partial charge in [-0.1, -0.05) is 82.3 Å². The van der Waals surface area contributed by atoms with Gasteiger partial charge in [-0.05, 0) is 48.5 Å². The smallest absolute Gasteiger partial charge is 0.100 e. The van der Waals surface area contributed by atoms with Crippen molar-refractivity contribution in [3.05, 3.63) is 109 Å². The van der Waals surface area contributed by atoms with Crippen molar-refractivity contribution in [1.82, 2.24) is 0 Å². The molecule has 0 saturated heterocycles. The van der Waals surface area contributed by atoms with Crippen molar-refractivity contribution in [3.8, 4) is 0 Å². The van der Waals surface area contributed by atoms with Crippen LogP contribution in [0, 0.1) is 0 Å². The quantitative estimate of drug-likeness (QED) is 0.218. The van der Waals surface area contributed by atoms with Crippen LogP contribution < -0.4 is 0 Å². The van der Waals surface area contributed by atoms with Gasteiger partial charge in [-0.2, -0.15) is 10.2 Å². The molecule has 0 amide bonds. The van der Waals surface area contributed by atoms with Crippen LogP contribution >= 0.6 is 21.6 Å². The van der Waals surface area contributed by atoms with Gasteiger partial charge in [0.05, 0.1) is 11.4 Å². The maximum atomic E-state index is 4.44. The van der Waals surface area contributed by atoms with Gasteiger partial charge in [0.15, 0.2) is 0 Å². The Bertz CT molecular complexity index is 1050. The zero-order valence-electron chi connectivity index (χ0n) is 16.0. The lowest BCUT2D eigenvalue weighted by Crippen LogP contribution is -1.73. The Morgan fingerprint density at radius 1 is 0.367 bits per heavy atom. The molecule has 0 heterocycles. The van der Waals surface area contributed by atoms with Crippen LogP contribution in [-0.2, 0) is 0 Å². The second kappa shape index (κ2) is 10.5. The van der Waals surface area contributed by atoms with E-state index >= 15 is 0 Å². The van der Waals surface area contributed by atoms with Crippen molar-refractivity contribution in [2.45, 2.75) is 9.79 Å². The van der Waals surface area contributed by atoms with Gasteiger partial charge in [0, 0.05) is 9.79 Å². The van der Waals surface area contributed by atoms with Crippen molar-refractivity contribution >= 4 is 44.3 Å². The molecule has 0 saturated carbocycles. The summed E-state index contributed by atoms with van der Waals surface area (Å²) >= 11 is 0. The van der Waals surface area contributed by atoms with Gasteiger partial charge in [-0.15, -0.1) is 10.2 Å². The van der Waals surface area contributed by atoms with E-state index in [1.807, 2.05) is 109 Å². The summed E-state index contributed by atoms with van der Waals surface area (Å²) in [7, 11) is 3.26. The fourth-order valence-corrected chi connectivity index (χ4v) is 4.74. The molecule has 4 aromatic carbocycles. The Labute approximate surface area is 183 Å². The predicted molar refractivity (Wildman–Crippen MR) is 126 cm³/mol. The molecule has 146 valence electrons. The fourth-order valence-electron chi connectivity index (χ4n) is 2.52. The molecule has 0 atom stereocenters. The van der Waals surface area contributed by atoms with Crippen molar-refractivity contribution in [3.63, 3.8) is 0 Å². The second-order valence-corrected chi connectivity index (χ2v) is 8.39. The molecule has 4 nitrogen and oxygen atoms in total. The van der Waals surface area contributed by atoms with Crippen LogP contribution in [0.1, 0.15) is 0 Å². The average molecular weight is 427 g/mol. The number of hydrogen-bond acceptors (Lipinski definition) is 6. The first-order valence-corrected chi connectivity index (χ1v) is 11.5. The van der Waals surface area contributed by atoms with Gasteiger partial charge < -0.3 is 0 Å². The van der Waals surface area contributed by atoms with E-state index in [0.29, 0.717) is 0 Å². The van der Waals surface area contributed by atoms with Crippen molar-refractivity contribution in [1.29, 1.82) is 0 Å². The Kier molecular flexibility index (Phi) is 7.04. The molecule has 0 unspecified atom stereocenters. The van der Waals surface area contributed by atoms with Crippen molar-refractivity contribution in [2.75, 3.05) is 0 Å². The largest absolute Gasteiger partial charge is 0.151 e. The highest BCUT2D eigenvalue weighted by molar-refractivity contribution is 8.76. The van der Waals surface area contributed by atoms with Crippen LogP contribution in [0.2, 0.25) is 0 Å². The van der Waals surface area contributed by atoms with E-state index in [4.69, 9.17) is 0 Å². The summed E-state index contributed by atoms with van der Waals surface area (Å²) in [5, 5.41) is 17.6. The van der Waals surface area contributed by atoms with E-state index in [1.165, 1.54) is 0 Å². The van der Waals surface area contributed by atoms with Crippen molar-refractivity contribution in [2.24, 2.45) is 20.5 Å². The number of azo groups is 2. The molecular formula is C24H18N4S2. The van der Waals surface area contributed by atoms with Gasteiger partial charge in [-0.3, -0.25) is 0 Å². The monoisotopic (exact) mass is 426 g/mol. The highest BCUT2D eigenvalue weighted by atomic mass is 33.1. The van der Waals surface area contributed by atoms with Crippen LogP contribution in [0.25, 0.3) is 0 Å². The molecule has 6 heteroatoms. The third-order valence-corrected chi connectivity index (χ3v) is 6.47. The van der Waals surface area contributed by atoms with Crippen molar-refractivity contribution < 1.29 is 0 Å². The molecular weight excluding hydrogens is 408 g/mol. The first kappa shape index (κ1) is 20.1. The maximum Gasteiger partial charge on any atom is 0.100 e. The molecule has 0 aliphatic heterocycles. The van der Waals surface area contributed by atoms with E-state index in [9.17, 15) is 0 Å². The maximum absolute atomic E-state index is 4.44. The summed E-state index contributed by atoms with van der Waals surface area (Å²) in [6, 6.07) is 35.4. The Morgan fingerprint density at radius 3 is 1.17 bits per heavy atom. The highest BCUT2D eigenvalue weighted by Crippen LogP contribution is 2.45. The van der Waals surface area contributed by atoms with E-state index in [0.717, 1.165) is 32.5 Å². The van der Waals surface area contributed by atoms with E-state index in [2.05, 4.69) is 20.5 Å². The SMILES string of the molecule is c1ccc(N=Nc2ccccc2SSc2ccccc2N=Nc2ccccc2)cc1. The molecule has 0 radical (unpaired) electrons. The van der Waals surface area contributed by atoms with Gasteiger partial charge in [0.1, 0.15) is 11.4 Å². The van der Waals surface area contributed by atoms with Gasteiger partial charge in [0.2, 0.25) is 0 Å². The average Bonchev–Trinajstić information content (AvgIpc) is 2.82. The molecule has 4 rings (SSSR count). The molecule has 0 fully saturated rings. The minimum Gasteiger partial charge on any atom is -0.151 e. The lowest BCUT2D eigenvalue weighted by molar-refractivity contribution is 1.19. The number of rotatable bonds is 7. The predicted octanol–water partition coefficient (Wildman–Crippen LogP) is 9.32. The zero-order chi connectivity index (χ0) is 20.4. The van der Waals surface area contributed by atoms with Crippen LogP contribution in [0.5, 0.6) is 0 Å². The summed E-state index contributed by atoms with van der Waals surface area (Å²) in [6.07, 6.45) is 0. The Hall–Kier alpha value is -3.22. The van der Waals surface area contributed by atoms with Crippen LogP contribution in [0.3, 0.4) is 0 Å². The lowest BCUT2D eigenvalue weighted by atomic mass is 10.3. The van der Waals surface area contributed by atoms with Crippen LogP contribution in [0.15, 0.2) is 139 Å². The van der Waals surface area contributed by atoms with E-state index < -0.39 is 0 Å². The second-order valence-electron chi connectivity index (χ2n) is 6.17. The third-order valence-electron chi connectivity index (χ3n) is 4.01. The fraction of sp³-hybridized carbons (Fsp3) is 0. The highest BCUT2D eigenvalue weighted by Gasteiger charge is 2.07. The summed E-state index contributed by atoms with van der Waals surface area (Å²) in [5.41, 5.74) is 3.33. The molecule has 0 spiro atoms. The molecule has 0 aliphatic carbocycles. The summed E-state index contributed by atoms with van der Waals surface area (Å²) in [4.78, 5) is 2.08. The topological polar surface area (TPSA) is 49.4 Å². The van der Waals surface area contributed by atoms with Gasteiger partial charge in [0.25, 0.3) is 0 Å². The summed E-state index contributed by atoms with van der Waals surface area (Å²) in [6.45, 7) is 0. The first-order chi connectivity index (χ1) is 14.9. The molecule has 4 aromatic rings. The van der Waals surface area contributed by atoms with Gasteiger partial charge in [-0.25, -0.2) is 0 Å². The normalized spacial score (nSPS) is 11.3. The van der Waals surface area contributed by atoms with Gasteiger partial charge >= 0.3 is 0 Å². The third kappa shape index (κ3) is 5.65. The summed E-state index contributed by atoms with van der Waals surface area (Å²) in [5.74, 6) is 0. The standard InChI is InChI=1S/C24H18N4S2/c1-3-11-19(12-4-1)25-27-21-15-7-9-17-23(21)29-30-24-18-10-8-16-22(24)28-26-20-13-5-2-6-14-20/h1-18H. The van der Waals surface area contributed by atoms with Crippen LogP contribution in [0.4, 0.5) is 22.7 Å². The molecule has 0 aliphatic rings. The Balaban J connectivity index is 1.49. The van der Waals surface area contributed by atoms with E-state index in [1.54, 1.807) is 21.6 Å².